The Kier molecular flexibility index (Phi) is 3.43. The Morgan fingerprint density at radius 3 is 2.28 bits per heavy atom. The molecule has 0 bridgehead atoms. The first-order valence-electron chi connectivity index (χ1n) is 7.61. The summed E-state index contributed by atoms with van der Waals surface area (Å²) in [6.45, 7) is 0. The van der Waals surface area contributed by atoms with Gasteiger partial charge in [0.25, 0.3) is 0 Å². The first-order chi connectivity index (χ1) is 8.78. The van der Waals surface area contributed by atoms with Gasteiger partial charge in [0.15, 0.2) is 0 Å². The molecule has 0 atom stereocenters. The van der Waals surface area contributed by atoms with Crippen LogP contribution >= 0.6 is 0 Å². The van der Waals surface area contributed by atoms with Gasteiger partial charge in [-0.3, -0.25) is 0 Å². The molecule has 0 spiro atoms. The minimum atomic E-state index is -0.545. The first kappa shape index (κ1) is 12.2. The topological polar surface area (TPSA) is 20.2 Å². The molecule has 1 heteroatoms. The summed E-state index contributed by atoms with van der Waals surface area (Å²) in [7, 11) is 0. The van der Waals surface area contributed by atoms with E-state index >= 15 is 0 Å². The summed E-state index contributed by atoms with van der Waals surface area (Å²) in [6, 6.07) is 8.81. The lowest BCUT2D eigenvalue weighted by molar-refractivity contribution is 0.0206. The number of hydrogen-bond donors (Lipinski definition) is 1. The largest absolute Gasteiger partial charge is 0.385 e. The lowest BCUT2D eigenvalue weighted by atomic mass is 9.77. The zero-order valence-corrected chi connectivity index (χ0v) is 11.2. The van der Waals surface area contributed by atoms with Gasteiger partial charge >= 0.3 is 0 Å². The monoisotopic (exact) mass is 244 g/mol. The number of hydrogen-bond acceptors (Lipinski definition) is 1. The summed E-state index contributed by atoms with van der Waals surface area (Å²) in [4.78, 5) is 0. The van der Waals surface area contributed by atoms with E-state index in [1.807, 2.05) is 0 Å². The summed E-state index contributed by atoms with van der Waals surface area (Å²) in [5.74, 6) is 0.763. The van der Waals surface area contributed by atoms with E-state index in [0.29, 0.717) is 0 Å². The lowest BCUT2D eigenvalue weighted by Crippen LogP contribution is -2.25. The highest BCUT2D eigenvalue weighted by molar-refractivity contribution is 5.31. The normalized spacial score (nSPS) is 24.3. The average molecular weight is 244 g/mol. The van der Waals surface area contributed by atoms with Gasteiger partial charge in [-0.2, -0.15) is 0 Å². The van der Waals surface area contributed by atoms with Crippen molar-refractivity contribution in [1.82, 2.24) is 0 Å². The number of aliphatic hydroxyl groups is 1. The second-order valence-corrected chi connectivity index (χ2v) is 6.20. The van der Waals surface area contributed by atoms with Crippen molar-refractivity contribution in [2.24, 2.45) is 0 Å². The highest BCUT2D eigenvalue weighted by atomic mass is 16.3. The van der Waals surface area contributed by atoms with Gasteiger partial charge in [-0.25, -0.2) is 0 Å². The summed E-state index contributed by atoms with van der Waals surface area (Å²) >= 11 is 0. The van der Waals surface area contributed by atoms with E-state index in [1.165, 1.54) is 56.1 Å². The van der Waals surface area contributed by atoms with Gasteiger partial charge in [0, 0.05) is 0 Å². The standard InChI is InChI=1S/C17H24O/c18-17(11-3-1-2-4-12-17)16-10-6-9-15(13-16)14-7-5-8-14/h6,9-10,13-14,18H,1-5,7-8,11-12H2. The second-order valence-electron chi connectivity index (χ2n) is 6.20. The maximum Gasteiger partial charge on any atom is 0.0896 e. The molecule has 0 amide bonds. The van der Waals surface area contributed by atoms with Gasteiger partial charge < -0.3 is 5.11 Å². The van der Waals surface area contributed by atoms with E-state index in [-0.39, 0.29) is 0 Å². The van der Waals surface area contributed by atoms with Gasteiger partial charge in [0.2, 0.25) is 0 Å². The molecule has 2 fully saturated rings. The summed E-state index contributed by atoms with van der Waals surface area (Å²) in [5.41, 5.74) is 2.08. The Morgan fingerprint density at radius 1 is 0.944 bits per heavy atom. The van der Waals surface area contributed by atoms with Crippen molar-refractivity contribution >= 4 is 0 Å². The zero-order valence-electron chi connectivity index (χ0n) is 11.2. The van der Waals surface area contributed by atoms with E-state index in [2.05, 4.69) is 24.3 Å². The Bertz CT molecular complexity index is 398. The maximum atomic E-state index is 10.9. The molecule has 0 heterocycles. The van der Waals surface area contributed by atoms with Crippen molar-refractivity contribution in [2.75, 3.05) is 0 Å². The second kappa shape index (κ2) is 5.05. The first-order valence-corrected chi connectivity index (χ1v) is 7.61. The third kappa shape index (κ3) is 2.33. The van der Waals surface area contributed by atoms with Crippen LogP contribution in [0, 0.1) is 0 Å². The van der Waals surface area contributed by atoms with Crippen LogP contribution < -0.4 is 0 Å². The minimum Gasteiger partial charge on any atom is -0.385 e. The third-order valence-electron chi connectivity index (χ3n) is 4.93. The van der Waals surface area contributed by atoms with E-state index in [0.717, 1.165) is 18.8 Å². The van der Waals surface area contributed by atoms with E-state index < -0.39 is 5.60 Å². The molecule has 0 saturated heterocycles. The van der Waals surface area contributed by atoms with Crippen LogP contribution in [0.1, 0.15) is 74.8 Å². The molecule has 98 valence electrons. The van der Waals surface area contributed by atoms with E-state index in [1.54, 1.807) is 0 Å². The van der Waals surface area contributed by atoms with E-state index in [4.69, 9.17) is 0 Å². The highest BCUT2D eigenvalue weighted by Crippen LogP contribution is 2.40. The predicted molar refractivity (Wildman–Crippen MR) is 74.6 cm³/mol. The fourth-order valence-corrected chi connectivity index (χ4v) is 3.43. The molecule has 2 aliphatic rings. The molecule has 0 unspecified atom stereocenters. The molecule has 1 nitrogen and oxygen atoms in total. The van der Waals surface area contributed by atoms with Gasteiger partial charge in [0.05, 0.1) is 5.60 Å². The van der Waals surface area contributed by atoms with Gasteiger partial charge in [-0.1, -0.05) is 56.4 Å². The molecular weight excluding hydrogens is 220 g/mol. The smallest absolute Gasteiger partial charge is 0.0896 e. The lowest BCUT2D eigenvalue weighted by Gasteiger charge is -2.30. The predicted octanol–water partition coefficient (Wildman–Crippen LogP) is 4.50. The maximum absolute atomic E-state index is 10.9. The minimum absolute atomic E-state index is 0.545. The molecule has 0 aromatic heterocycles. The van der Waals surface area contributed by atoms with Crippen LogP contribution in [0.5, 0.6) is 0 Å². The Hall–Kier alpha value is -0.820. The van der Waals surface area contributed by atoms with Crippen molar-refractivity contribution in [2.45, 2.75) is 69.3 Å². The average Bonchev–Trinajstić information content (AvgIpc) is 2.53. The molecule has 18 heavy (non-hydrogen) atoms. The third-order valence-corrected chi connectivity index (χ3v) is 4.93. The van der Waals surface area contributed by atoms with Crippen molar-refractivity contribution in [3.05, 3.63) is 35.4 Å². The van der Waals surface area contributed by atoms with Crippen LogP contribution in [0.3, 0.4) is 0 Å². The van der Waals surface area contributed by atoms with Crippen LogP contribution in [0.2, 0.25) is 0 Å². The van der Waals surface area contributed by atoms with Crippen molar-refractivity contribution in [3.8, 4) is 0 Å². The van der Waals surface area contributed by atoms with Gasteiger partial charge in [0.1, 0.15) is 0 Å². The van der Waals surface area contributed by atoms with Gasteiger partial charge in [-0.05, 0) is 42.7 Å². The molecule has 1 aromatic carbocycles. The highest BCUT2D eigenvalue weighted by Gasteiger charge is 2.30. The number of benzene rings is 1. The molecule has 1 N–H and O–H groups in total. The molecular formula is C17H24O. The van der Waals surface area contributed by atoms with E-state index in [9.17, 15) is 5.11 Å². The number of rotatable bonds is 2. The van der Waals surface area contributed by atoms with Crippen LogP contribution in [0.4, 0.5) is 0 Å². The molecule has 3 rings (SSSR count). The van der Waals surface area contributed by atoms with Crippen LogP contribution in [-0.4, -0.2) is 5.11 Å². The van der Waals surface area contributed by atoms with Crippen LogP contribution in [-0.2, 0) is 5.60 Å². The quantitative estimate of drug-likeness (QED) is 0.760. The molecule has 0 aliphatic heterocycles. The van der Waals surface area contributed by atoms with Crippen molar-refractivity contribution < 1.29 is 5.11 Å². The summed E-state index contributed by atoms with van der Waals surface area (Å²) in [5, 5.41) is 10.9. The Balaban J connectivity index is 1.85. The van der Waals surface area contributed by atoms with Gasteiger partial charge in [-0.15, -0.1) is 0 Å². The fraction of sp³-hybridized carbons (Fsp3) is 0.647. The Labute approximate surface area is 110 Å². The Morgan fingerprint density at radius 2 is 1.67 bits per heavy atom. The SMILES string of the molecule is OC1(c2cccc(C3CCC3)c2)CCCCCC1. The molecule has 1 aromatic rings. The van der Waals surface area contributed by atoms with Crippen LogP contribution in [0.15, 0.2) is 24.3 Å². The summed E-state index contributed by atoms with van der Waals surface area (Å²) < 4.78 is 0. The molecule has 2 aliphatic carbocycles. The van der Waals surface area contributed by atoms with Crippen molar-refractivity contribution in [1.29, 1.82) is 0 Å². The van der Waals surface area contributed by atoms with Crippen LogP contribution in [0.25, 0.3) is 0 Å². The zero-order chi connectivity index (χ0) is 12.4. The fourth-order valence-electron chi connectivity index (χ4n) is 3.43. The molecule has 0 radical (unpaired) electrons. The summed E-state index contributed by atoms with van der Waals surface area (Å²) in [6.07, 6.45) is 10.8. The molecule has 2 saturated carbocycles. The van der Waals surface area contributed by atoms with Crippen molar-refractivity contribution in [3.63, 3.8) is 0 Å².